The first-order valence-electron chi connectivity index (χ1n) is 13.1. The standard InChI is InChI=1S/C32H36N2O5/c1-3-38-32(35)29-24(2)34(31(30(29)33)27-17-11-6-12-18-27)23-39-28(21-36-19-25-13-7-4-8-14-25)22-37-20-26-15-9-5-10-16-26/h4-18,28H,3,19-23,33H2,1-2H3. The van der Waals surface area contributed by atoms with Crippen LogP contribution in [0.1, 0.15) is 34.1 Å². The van der Waals surface area contributed by atoms with Crippen LogP contribution >= 0.6 is 0 Å². The maximum absolute atomic E-state index is 12.8. The van der Waals surface area contributed by atoms with Crippen LogP contribution in [0.4, 0.5) is 5.69 Å². The fraction of sp³-hybridized carbons (Fsp3) is 0.281. The minimum atomic E-state index is -0.447. The SMILES string of the molecule is CCOC(=O)c1c(N)c(-c2ccccc2)n(COC(COCc2ccccc2)COCc2ccccc2)c1C. The molecule has 7 heteroatoms. The number of nitrogens with two attached hydrogens (primary N) is 1. The highest BCUT2D eigenvalue weighted by molar-refractivity contribution is 6.01. The molecule has 2 N–H and O–H groups in total. The lowest BCUT2D eigenvalue weighted by Crippen LogP contribution is -2.27. The number of benzene rings is 3. The van der Waals surface area contributed by atoms with E-state index in [2.05, 4.69) is 0 Å². The van der Waals surface area contributed by atoms with Gasteiger partial charge < -0.3 is 29.2 Å². The Morgan fingerprint density at radius 1 is 0.821 bits per heavy atom. The summed E-state index contributed by atoms with van der Waals surface area (Å²) in [6.45, 7) is 5.67. The number of carbonyl (C=O) groups is 1. The first-order chi connectivity index (χ1) is 19.1. The molecule has 1 aromatic heterocycles. The van der Waals surface area contributed by atoms with Crippen molar-refractivity contribution in [3.63, 3.8) is 0 Å². The summed E-state index contributed by atoms with van der Waals surface area (Å²) in [4.78, 5) is 12.8. The van der Waals surface area contributed by atoms with Crippen molar-refractivity contribution in [2.45, 2.75) is 39.9 Å². The Labute approximate surface area is 230 Å². The van der Waals surface area contributed by atoms with E-state index >= 15 is 0 Å². The molecule has 0 saturated carbocycles. The van der Waals surface area contributed by atoms with Gasteiger partial charge in [0.1, 0.15) is 18.4 Å². The second kappa shape index (κ2) is 14.3. The van der Waals surface area contributed by atoms with E-state index in [4.69, 9.17) is 24.7 Å². The quantitative estimate of drug-likeness (QED) is 0.202. The number of hydrogen-bond acceptors (Lipinski definition) is 6. The summed E-state index contributed by atoms with van der Waals surface area (Å²) in [5.74, 6) is -0.447. The lowest BCUT2D eigenvalue weighted by molar-refractivity contribution is -0.0873. The van der Waals surface area contributed by atoms with E-state index in [-0.39, 0.29) is 19.4 Å². The molecule has 204 valence electrons. The van der Waals surface area contributed by atoms with E-state index in [1.807, 2.05) is 102 Å². The minimum absolute atomic E-state index is 0.160. The smallest absolute Gasteiger partial charge is 0.342 e. The Kier molecular flexibility index (Phi) is 10.3. The topological polar surface area (TPSA) is 84.9 Å². The fourth-order valence-electron chi connectivity index (χ4n) is 4.38. The van der Waals surface area contributed by atoms with Crippen molar-refractivity contribution in [1.29, 1.82) is 0 Å². The van der Waals surface area contributed by atoms with Gasteiger partial charge in [0.15, 0.2) is 0 Å². The fourth-order valence-corrected chi connectivity index (χ4v) is 4.38. The molecular formula is C32H36N2O5. The van der Waals surface area contributed by atoms with Crippen LogP contribution in [-0.2, 0) is 38.9 Å². The molecule has 0 fully saturated rings. The van der Waals surface area contributed by atoms with Gasteiger partial charge in [0.2, 0.25) is 0 Å². The first-order valence-corrected chi connectivity index (χ1v) is 13.1. The molecule has 0 amide bonds. The van der Waals surface area contributed by atoms with Crippen LogP contribution in [0, 0.1) is 6.92 Å². The van der Waals surface area contributed by atoms with E-state index in [0.717, 1.165) is 16.7 Å². The number of rotatable bonds is 14. The van der Waals surface area contributed by atoms with Gasteiger partial charge in [-0.3, -0.25) is 0 Å². The Morgan fingerprint density at radius 3 is 1.85 bits per heavy atom. The van der Waals surface area contributed by atoms with E-state index in [1.54, 1.807) is 6.92 Å². The third-order valence-corrected chi connectivity index (χ3v) is 6.36. The summed E-state index contributed by atoms with van der Waals surface area (Å²) in [5.41, 5.74) is 11.7. The molecule has 4 rings (SSSR count). The van der Waals surface area contributed by atoms with E-state index in [1.165, 1.54) is 0 Å². The molecule has 0 spiro atoms. The molecule has 39 heavy (non-hydrogen) atoms. The highest BCUT2D eigenvalue weighted by Gasteiger charge is 2.26. The lowest BCUT2D eigenvalue weighted by atomic mass is 10.1. The maximum atomic E-state index is 12.8. The van der Waals surface area contributed by atoms with Crippen molar-refractivity contribution < 1.29 is 23.7 Å². The molecule has 0 bridgehead atoms. The lowest BCUT2D eigenvalue weighted by Gasteiger charge is -2.21. The molecule has 3 aromatic carbocycles. The number of nitrogens with zero attached hydrogens (tertiary/aromatic N) is 1. The summed E-state index contributed by atoms with van der Waals surface area (Å²) in [7, 11) is 0. The Bertz CT molecular complexity index is 1260. The highest BCUT2D eigenvalue weighted by atomic mass is 16.6. The van der Waals surface area contributed by atoms with Gasteiger partial charge in [-0.15, -0.1) is 0 Å². The molecule has 0 aliphatic carbocycles. The van der Waals surface area contributed by atoms with Crippen LogP contribution in [0.15, 0.2) is 91.0 Å². The molecular weight excluding hydrogens is 492 g/mol. The van der Waals surface area contributed by atoms with Crippen molar-refractivity contribution in [2.75, 3.05) is 25.6 Å². The monoisotopic (exact) mass is 528 g/mol. The van der Waals surface area contributed by atoms with Gasteiger partial charge >= 0.3 is 5.97 Å². The molecule has 1 heterocycles. The van der Waals surface area contributed by atoms with Crippen LogP contribution in [0.5, 0.6) is 0 Å². The van der Waals surface area contributed by atoms with Crippen molar-refractivity contribution >= 4 is 11.7 Å². The first kappa shape index (κ1) is 28.1. The number of aromatic nitrogens is 1. The summed E-state index contributed by atoms with van der Waals surface area (Å²) >= 11 is 0. The average Bonchev–Trinajstić information content (AvgIpc) is 3.22. The second-order valence-corrected chi connectivity index (χ2v) is 9.16. The zero-order valence-corrected chi connectivity index (χ0v) is 22.5. The molecule has 0 aliphatic heterocycles. The van der Waals surface area contributed by atoms with Crippen molar-refractivity contribution in [2.24, 2.45) is 0 Å². The number of anilines is 1. The van der Waals surface area contributed by atoms with Crippen LogP contribution < -0.4 is 5.73 Å². The van der Waals surface area contributed by atoms with Gasteiger partial charge in [-0.25, -0.2) is 4.79 Å². The third kappa shape index (κ3) is 7.57. The molecule has 0 radical (unpaired) electrons. The van der Waals surface area contributed by atoms with Gasteiger partial charge in [0.25, 0.3) is 0 Å². The number of hydrogen-bond donors (Lipinski definition) is 1. The van der Waals surface area contributed by atoms with Gasteiger partial charge in [0.05, 0.1) is 44.4 Å². The molecule has 4 aromatic rings. The molecule has 0 saturated heterocycles. The Morgan fingerprint density at radius 2 is 1.33 bits per heavy atom. The maximum Gasteiger partial charge on any atom is 0.342 e. The molecule has 0 atom stereocenters. The summed E-state index contributed by atoms with van der Waals surface area (Å²) in [6.07, 6.45) is -0.352. The van der Waals surface area contributed by atoms with E-state index < -0.39 is 5.97 Å². The van der Waals surface area contributed by atoms with Crippen molar-refractivity contribution in [1.82, 2.24) is 4.57 Å². The largest absolute Gasteiger partial charge is 0.462 e. The molecule has 7 nitrogen and oxygen atoms in total. The van der Waals surface area contributed by atoms with E-state index in [9.17, 15) is 4.79 Å². The van der Waals surface area contributed by atoms with Crippen LogP contribution in [-0.4, -0.2) is 36.5 Å². The summed E-state index contributed by atoms with van der Waals surface area (Å²) < 4.78 is 25.6. The summed E-state index contributed by atoms with van der Waals surface area (Å²) in [5, 5.41) is 0. The van der Waals surface area contributed by atoms with Gasteiger partial charge in [-0.1, -0.05) is 91.0 Å². The number of esters is 1. The van der Waals surface area contributed by atoms with Crippen LogP contribution in [0.25, 0.3) is 11.3 Å². The van der Waals surface area contributed by atoms with Gasteiger partial charge in [-0.2, -0.15) is 0 Å². The number of carbonyl (C=O) groups excluding carboxylic acids is 1. The molecule has 0 unspecified atom stereocenters. The minimum Gasteiger partial charge on any atom is -0.462 e. The van der Waals surface area contributed by atoms with Crippen LogP contribution in [0.2, 0.25) is 0 Å². The number of nitrogen functional groups attached to an aromatic ring is 1. The Hall–Kier alpha value is -3.91. The van der Waals surface area contributed by atoms with Gasteiger partial charge in [-0.05, 0) is 25.0 Å². The van der Waals surface area contributed by atoms with Crippen LogP contribution in [0.3, 0.4) is 0 Å². The van der Waals surface area contributed by atoms with Crippen molar-refractivity contribution in [3.8, 4) is 11.3 Å². The molecule has 0 aliphatic rings. The second-order valence-electron chi connectivity index (χ2n) is 9.16. The normalized spacial score (nSPS) is 11.2. The third-order valence-electron chi connectivity index (χ3n) is 6.36. The predicted octanol–water partition coefficient (Wildman–Crippen LogP) is 6.00. The van der Waals surface area contributed by atoms with Gasteiger partial charge in [0, 0.05) is 11.3 Å². The zero-order valence-electron chi connectivity index (χ0n) is 22.5. The average molecular weight is 529 g/mol. The van der Waals surface area contributed by atoms with E-state index in [0.29, 0.717) is 49.1 Å². The Balaban J connectivity index is 1.52. The predicted molar refractivity (Wildman–Crippen MR) is 152 cm³/mol. The number of ether oxygens (including phenoxy) is 4. The van der Waals surface area contributed by atoms with Crippen molar-refractivity contribution in [3.05, 3.63) is 113 Å². The summed E-state index contributed by atoms with van der Waals surface area (Å²) in [6, 6.07) is 29.7. The highest BCUT2D eigenvalue weighted by Crippen LogP contribution is 2.34. The zero-order chi connectivity index (χ0) is 27.5.